The number of halogens is 1. The fourth-order valence-corrected chi connectivity index (χ4v) is 7.85. The molecule has 174 valence electrons. The van der Waals surface area contributed by atoms with E-state index in [9.17, 15) is 28.4 Å². The van der Waals surface area contributed by atoms with E-state index in [1.165, 1.54) is 40.2 Å². The zero-order chi connectivity index (χ0) is 24.1. The van der Waals surface area contributed by atoms with E-state index < -0.39 is 51.5 Å². The van der Waals surface area contributed by atoms with E-state index in [1.54, 1.807) is 12.1 Å². The summed E-state index contributed by atoms with van der Waals surface area (Å²) in [6.45, 7) is -0.342. The van der Waals surface area contributed by atoms with E-state index in [1.807, 2.05) is 5.38 Å². The molecule has 5 amide bonds. The molecule has 0 bridgehead atoms. The minimum absolute atomic E-state index is 0.342. The van der Waals surface area contributed by atoms with Crippen LogP contribution in [0.15, 0.2) is 51.6 Å². The number of urea groups is 1. The van der Waals surface area contributed by atoms with Crippen LogP contribution in [0.5, 0.6) is 0 Å². The van der Waals surface area contributed by atoms with Gasteiger partial charge in [0.25, 0.3) is 5.91 Å². The maximum Gasteiger partial charge on any atom is 0.328 e. The first kappa shape index (κ1) is 22.5. The lowest BCUT2D eigenvalue weighted by atomic mass is 9.87. The van der Waals surface area contributed by atoms with Crippen LogP contribution in [0.1, 0.15) is 15.7 Å². The normalized spacial score (nSPS) is 21.3. The molecular formula is C21H15FN4O5S3. The predicted octanol–water partition coefficient (Wildman–Crippen LogP) is 2.42. The van der Waals surface area contributed by atoms with Gasteiger partial charge in [-0.2, -0.15) is 4.90 Å². The van der Waals surface area contributed by atoms with Gasteiger partial charge in [0, 0.05) is 21.4 Å². The number of hydrogen-bond acceptors (Lipinski definition) is 8. The number of benzene rings is 1. The number of thioether (sulfide) groups is 1. The average molecular weight is 519 g/mol. The molecule has 34 heavy (non-hydrogen) atoms. The van der Waals surface area contributed by atoms with E-state index in [-0.39, 0.29) is 6.54 Å². The van der Waals surface area contributed by atoms with Crippen LogP contribution in [0.3, 0.4) is 0 Å². The first-order valence-electron chi connectivity index (χ1n) is 9.92. The maximum atomic E-state index is 13.1. The molecule has 1 saturated heterocycles. The third kappa shape index (κ3) is 3.65. The Labute approximate surface area is 203 Å². The second-order valence-electron chi connectivity index (χ2n) is 7.59. The van der Waals surface area contributed by atoms with Gasteiger partial charge in [0.1, 0.15) is 17.6 Å². The van der Waals surface area contributed by atoms with E-state index in [0.717, 1.165) is 28.0 Å². The molecule has 2 aliphatic rings. The molecule has 3 aromatic rings. The van der Waals surface area contributed by atoms with Gasteiger partial charge in [-0.1, -0.05) is 29.2 Å². The van der Waals surface area contributed by atoms with Crippen molar-refractivity contribution in [3.63, 3.8) is 0 Å². The number of carbonyl (C=O) groups is 4. The topological polar surface area (TPSA) is 132 Å². The molecule has 3 N–H and O–H groups in total. The SMILES string of the molecule is NC(=O)N1C(=O)C2Sc3c(sc(=O)n3CC(=O)Nc3ccc(F)cc3)[C@@H](c3cccs3)C2C1=O. The first-order chi connectivity index (χ1) is 16.3. The standard InChI is InChI=1S/C21H15FN4O5S3/c22-9-3-5-10(6-4-9)24-12(27)8-25-19-16(34-21(25)31)13(11-2-1-7-32-11)14-15(33-19)18(29)26(17(14)28)20(23)30/h1-7,13-15H,8H2,(H2,23,30)(H,24,27)/t13-,14?,15?/m0/s1. The molecule has 13 heteroatoms. The fraction of sp³-hybridized carbons (Fsp3) is 0.190. The van der Waals surface area contributed by atoms with Crippen molar-refractivity contribution >= 4 is 63.9 Å². The predicted molar refractivity (Wildman–Crippen MR) is 124 cm³/mol. The lowest BCUT2D eigenvalue weighted by molar-refractivity contribution is -0.135. The van der Waals surface area contributed by atoms with Gasteiger partial charge in [-0.3, -0.25) is 23.7 Å². The molecule has 2 aliphatic heterocycles. The Morgan fingerprint density at radius 2 is 1.82 bits per heavy atom. The van der Waals surface area contributed by atoms with Gasteiger partial charge in [-0.25, -0.2) is 9.18 Å². The summed E-state index contributed by atoms with van der Waals surface area (Å²) in [6.07, 6.45) is 0. The van der Waals surface area contributed by atoms with Gasteiger partial charge in [0.05, 0.1) is 10.9 Å². The number of amides is 5. The Morgan fingerprint density at radius 3 is 2.47 bits per heavy atom. The third-order valence-electron chi connectivity index (χ3n) is 5.55. The maximum absolute atomic E-state index is 13.1. The van der Waals surface area contributed by atoms with Crippen molar-refractivity contribution < 1.29 is 23.6 Å². The van der Waals surface area contributed by atoms with Gasteiger partial charge < -0.3 is 11.1 Å². The van der Waals surface area contributed by atoms with Gasteiger partial charge in [0.15, 0.2) is 0 Å². The number of thiazole rings is 1. The molecule has 4 heterocycles. The molecule has 9 nitrogen and oxygen atoms in total. The summed E-state index contributed by atoms with van der Waals surface area (Å²) in [4.78, 5) is 64.6. The summed E-state index contributed by atoms with van der Waals surface area (Å²) in [5.74, 6) is -3.91. The number of nitrogens with one attached hydrogen (secondary N) is 1. The number of aromatic nitrogens is 1. The molecule has 1 fully saturated rings. The van der Waals surface area contributed by atoms with Crippen LogP contribution in [0.25, 0.3) is 0 Å². The van der Waals surface area contributed by atoms with Crippen LogP contribution in [-0.4, -0.2) is 38.5 Å². The number of nitrogens with two attached hydrogens (primary N) is 1. The zero-order valence-electron chi connectivity index (χ0n) is 17.1. The molecule has 0 saturated carbocycles. The van der Waals surface area contributed by atoms with Crippen molar-refractivity contribution in [2.75, 3.05) is 5.32 Å². The number of nitrogens with zero attached hydrogens (tertiary/aromatic N) is 2. The van der Waals surface area contributed by atoms with Gasteiger partial charge in [-0.05, 0) is 35.7 Å². The number of thiophene rings is 1. The van der Waals surface area contributed by atoms with Crippen molar-refractivity contribution in [2.45, 2.75) is 22.7 Å². The average Bonchev–Trinajstić information content (AvgIpc) is 3.48. The minimum Gasteiger partial charge on any atom is -0.351 e. The molecule has 2 unspecified atom stereocenters. The van der Waals surface area contributed by atoms with Crippen molar-refractivity contribution in [3.8, 4) is 0 Å². The monoisotopic (exact) mass is 518 g/mol. The fourth-order valence-electron chi connectivity index (χ4n) is 4.12. The molecule has 2 aromatic heterocycles. The Hall–Kier alpha value is -3.29. The van der Waals surface area contributed by atoms with Crippen LogP contribution in [-0.2, 0) is 20.9 Å². The minimum atomic E-state index is -1.14. The van der Waals surface area contributed by atoms with Gasteiger partial charge >= 0.3 is 10.9 Å². The highest BCUT2D eigenvalue weighted by Crippen LogP contribution is 2.53. The molecule has 3 atom stereocenters. The molecule has 1 aromatic carbocycles. The molecule has 0 radical (unpaired) electrons. The summed E-state index contributed by atoms with van der Waals surface area (Å²) >= 11 is 3.25. The van der Waals surface area contributed by atoms with E-state index in [4.69, 9.17) is 5.73 Å². The van der Waals surface area contributed by atoms with Crippen LogP contribution >= 0.6 is 34.4 Å². The van der Waals surface area contributed by atoms with E-state index >= 15 is 0 Å². The zero-order valence-corrected chi connectivity index (χ0v) is 19.5. The number of anilines is 1. The molecular weight excluding hydrogens is 503 g/mol. The van der Waals surface area contributed by atoms with Crippen molar-refractivity contribution in [3.05, 3.63) is 67.0 Å². The van der Waals surface area contributed by atoms with Crippen LogP contribution in [0.4, 0.5) is 14.9 Å². The Bertz CT molecular complexity index is 1380. The number of carbonyl (C=O) groups excluding carboxylic acids is 4. The third-order valence-corrected chi connectivity index (χ3v) is 9.11. The smallest absolute Gasteiger partial charge is 0.328 e. The van der Waals surface area contributed by atoms with Crippen molar-refractivity contribution in [1.29, 1.82) is 0 Å². The van der Waals surface area contributed by atoms with Crippen molar-refractivity contribution in [1.82, 2.24) is 9.47 Å². The quantitative estimate of drug-likeness (QED) is 0.510. The lowest BCUT2D eigenvalue weighted by Crippen LogP contribution is -2.41. The van der Waals surface area contributed by atoms with Crippen LogP contribution in [0.2, 0.25) is 0 Å². The van der Waals surface area contributed by atoms with E-state index in [0.29, 0.717) is 20.5 Å². The number of fused-ring (bicyclic) bond motifs is 2. The number of imide groups is 3. The van der Waals surface area contributed by atoms with E-state index in [2.05, 4.69) is 5.32 Å². The molecule has 0 spiro atoms. The second-order valence-corrected chi connectivity index (χ2v) is 10.7. The number of rotatable bonds is 4. The summed E-state index contributed by atoms with van der Waals surface area (Å²) in [7, 11) is 0. The Kier molecular flexibility index (Phi) is 5.62. The molecule has 5 rings (SSSR count). The highest BCUT2D eigenvalue weighted by molar-refractivity contribution is 8.00. The number of hydrogen-bond donors (Lipinski definition) is 2. The Balaban J connectivity index is 1.53. The van der Waals surface area contributed by atoms with Crippen LogP contribution < -0.4 is 15.9 Å². The second kappa shape index (κ2) is 8.49. The Morgan fingerprint density at radius 1 is 1.09 bits per heavy atom. The first-order valence-corrected chi connectivity index (χ1v) is 12.5. The largest absolute Gasteiger partial charge is 0.351 e. The van der Waals surface area contributed by atoms with Crippen LogP contribution in [0, 0.1) is 11.7 Å². The van der Waals surface area contributed by atoms with Gasteiger partial charge in [0.2, 0.25) is 11.8 Å². The summed E-state index contributed by atoms with van der Waals surface area (Å²) in [5, 5.41) is 3.86. The highest BCUT2D eigenvalue weighted by atomic mass is 32.2. The van der Waals surface area contributed by atoms with Gasteiger partial charge in [-0.15, -0.1) is 11.3 Å². The summed E-state index contributed by atoms with van der Waals surface area (Å²) < 4.78 is 14.4. The van der Waals surface area contributed by atoms with Crippen molar-refractivity contribution in [2.24, 2.45) is 11.7 Å². The summed E-state index contributed by atoms with van der Waals surface area (Å²) in [6, 6.07) is 7.63. The number of likely N-dealkylation sites (tertiary alicyclic amines) is 1. The summed E-state index contributed by atoms with van der Waals surface area (Å²) in [5.41, 5.74) is 5.65. The molecule has 0 aliphatic carbocycles. The lowest BCUT2D eigenvalue weighted by Gasteiger charge is -2.29. The highest BCUT2D eigenvalue weighted by Gasteiger charge is 2.58. The number of primary amides is 1.